The lowest BCUT2D eigenvalue weighted by Crippen LogP contribution is -2.57. The van der Waals surface area contributed by atoms with Gasteiger partial charge in [0.15, 0.2) is 0 Å². The number of hydrogen-bond acceptors (Lipinski definition) is 3. The average Bonchev–Trinajstić information content (AvgIpc) is 3.15. The highest BCUT2D eigenvalue weighted by atomic mass is 15.2. The van der Waals surface area contributed by atoms with Gasteiger partial charge >= 0.3 is 0 Å². The Morgan fingerprint density at radius 1 is 1.16 bits per heavy atom. The second-order valence-electron chi connectivity index (χ2n) is 6.70. The molecular formula is C16H29N3. The van der Waals surface area contributed by atoms with Crippen LogP contribution in [0.15, 0.2) is 0 Å². The van der Waals surface area contributed by atoms with Crippen molar-refractivity contribution < 1.29 is 0 Å². The van der Waals surface area contributed by atoms with Crippen molar-refractivity contribution in [3.8, 4) is 6.07 Å². The van der Waals surface area contributed by atoms with Gasteiger partial charge in [-0.25, -0.2) is 0 Å². The van der Waals surface area contributed by atoms with Crippen molar-refractivity contribution in [3.63, 3.8) is 0 Å². The first-order valence-corrected chi connectivity index (χ1v) is 8.07. The van der Waals surface area contributed by atoms with E-state index in [-0.39, 0.29) is 5.54 Å². The van der Waals surface area contributed by atoms with Crippen LogP contribution in [0.4, 0.5) is 0 Å². The van der Waals surface area contributed by atoms with Gasteiger partial charge in [-0.3, -0.25) is 5.32 Å². The highest BCUT2D eigenvalue weighted by molar-refractivity contribution is 5.17. The molecule has 1 atom stereocenters. The first-order chi connectivity index (χ1) is 9.16. The van der Waals surface area contributed by atoms with Gasteiger partial charge in [0.1, 0.15) is 5.54 Å². The van der Waals surface area contributed by atoms with Crippen molar-refractivity contribution >= 4 is 0 Å². The Morgan fingerprint density at radius 2 is 1.74 bits per heavy atom. The van der Waals surface area contributed by atoms with E-state index in [2.05, 4.69) is 30.1 Å². The second kappa shape index (κ2) is 6.72. The summed E-state index contributed by atoms with van der Waals surface area (Å²) >= 11 is 0. The maximum atomic E-state index is 9.75. The van der Waals surface area contributed by atoms with Crippen molar-refractivity contribution in [1.82, 2.24) is 10.2 Å². The van der Waals surface area contributed by atoms with Crippen LogP contribution in [0.5, 0.6) is 0 Å². The maximum Gasteiger partial charge on any atom is 0.122 e. The molecule has 0 aromatic rings. The number of nitrogens with one attached hydrogen (secondary N) is 1. The van der Waals surface area contributed by atoms with Gasteiger partial charge in [0.05, 0.1) is 6.07 Å². The topological polar surface area (TPSA) is 39.1 Å². The van der Waals surface area contributed by atoms with Crippen molar-refractivity contribution in [3.05, 3.63) is 0 Å². The summed E-state index contributed by atoms with van der Waals surface area (Å²) in [5, 5.41) is 13.3. The SMILES string of the molecule is CC(C)NC(C#N)(CN1CCCCCCC1)C1CC1. The van der Waals surface area contributed by atoms with E-state index in [1.54, 1.807) is 0 Å². The molecule has 1 N–H and O–H groups in total. The van der Waals surface area contributed by atoms with Gasteiger partial charge in [-0.15, -0.1) is 0 Å². The Morgan fingerprint density at radius 3 is 2.21 bits per heavy atom. The van der Waals surface area contributed by atoms with Crippen LogP contribution in [0.3, 0.4) is 0 Å². The predicted octanol–water partition coefficient (Wildman–Crippen LogP) is 2.92. The summed E-state index contributed by atoms with van der Waals surface area (Å²) in [6.07, 6.45) is 9.15. The van der Waals surface area contributed by atoms with Gasteiger partial charge in [-0.2, -0.15) is 5.26 Å². The van der Waals surface area contributed by atoms with E-state index in [0.717, 1.165) is 6.54 Å². The van der Waals surface area contributed by atoms with Crippen molar-refractivity contribution in [2.75, 3.05) is 19.6 Å². The largest absolute Gasteiger partial charge is 0.300 e. The van der Waals surface area contributed by atoms with Crippen LogP contribution in [-0.2, 0) is 0 Å². The Kier molecular flexibility index (Phi) is 5.24. The summed E-state index contributed by atoms with van der Waals surface area (Å²) in [6.45, 7) is 7.59. The third kappa shape index (κ3) is 4.19. The van der Waals surface area contributed by atoms with Gasteiger partial charge in [-0.1, -0.05) is 19.3 Å². The van der Waals surface area contributed by atoms with E-state index in [1.165, 1.54) is 58.0 Å². The zero-order valence-corrected chi connectivity index (χ0v) is 12.6. The van der Waals surface area contributed by atoms with E-state index < -0.39 is 0 Å². The fourth-order valence-corrected chi connectivity index (χ4v) is 3.37. The molecule has 1 aliphatic carbocycles. The van der Waals surface area contributed by atoms with Gasteiger partial charge in [-0.05, 0) is 58.5 Å². The van der Waals surface area contributed by atoms with Crippen LogP contribution in [0.25, 0.3) is 0 Å². The number of nitriles is 1. The minimum absolute atomic E-state index is 0.298. The molecule has 0 spiro atoms. The zero-order valence-electron chi connectivity index (χ0n) is 12.6. The molecule has 108 valence electrons. The number of rotatable bonds is 5. The Labute approximate surface area is 118 Å². The molecule has 0 bridgehead atoms. The van der Waals surface area contributed by atoms with E-state index in [1.807, 2.05) is 0 Å². The fraction of sp³-hybridized carbons (Fsp3) is 0.938. The van der Waals surface area contributed by atoms with Crippen molar-refractivity contribution in [2.45, 2.75) is 70.4 Å². The quantitative estimate of drug-likeness (QED) is 0.829. The molecule has 3 heteroatoms. The van der Waals surface area contributed by atoms with Gasteiger partial charge in [0.25, 0.3) is 0 Å². The smallest absolute Gasteiger partial charge is 0.122 e. The van der Waals surface area contributed by atoms with Crippen LogP contribution in [0, 0.1) is 17.2 Å². The van der Waals surface area contributed by atoms with E-state index >= 15 is 0 Å². The maximum absolute atomic E-state index is 9.75. The molecule has 1 aliphatic heterocycles. The van der Waals surface area contributed by atoms with Gasteiger partial charge in [0.2, 0.25) is 0 Å². The number of hydrogen-bond donors (Lipinski definition) is 1. The minimum atomic E-state index is -0.298. The van der Waals surface area contributed by atoms with Crippen LogP contribution in [0.1, 0.15) is 58.8 Å². The predicted molar refractivity (Wildman–Crippen MR) is 78.9 cm³/mol. The summed E-state index contributed by atoms with van der Waals surface area (Å²) in [6, 6.07) is 3.02. The number of likely N-dealkylation sites (tertiary alicyclic amines) is 1. The summed E-state index contributed by atoms with van der Waals surface area (Å²) < 4.78 is 0. The molecule has 1 unspecified atom stereocenters. The van der Waals surface area contributed by atoms with Crippen LogP contribution < -0.4 is 5.32 Å². The van der Waals surface area contributed by atoms with E-state index in [0.29, 0.717) is 12.0 Å². The third-order valence-electron chi connectivity index (χ3n) is 4.44. The third-order valence-corrected chi connectivity index (χ3v) is 4.44. The van der Waals surface area contributed by atoms with Crippen LogP contribution in [0.2, 0.25) is 0 Å². The molecule has 2 aliphatic rings. The molecule has 2 fully saturated rings. The number of nitrogens with zero attached hydrogens (tertiary/aromatic N) is 2. The van der Waals surface area contributed by atoms with E-state index in [4.69, 9.17) is 0 Å². The first-order valence-electron chi connectivity index (χ1n) is 8.07. The summed E-state index contributed by atoms with van der Waals surface area (Å²) in [4.78, 5) is 2.54. The first kappa shape index (κ1) is 14.8. The highest BCUT2D eigenvalue weighted by Crippen LogP contribution is 2.40. The molecule has 2 rings (SSSR count). The highest BCUT2D eigenvalue weighted by Gasteiger charge is 2.46. The lowest BCUT2D eigenvalue weighted by atomic mass is 9.92. The zero-order chi connectivity index (χ0) is 13.7. The molecule has 0 amide bonds. The summed E-state index contributed by atoms with van der Waals surface area (Å²) in [5.41, 5.74) is -0.298. The molecule has 1 saturated carbocycles. The minimum Gasteiger partial charge on any atom is -0.300 e. The molecular weight excluding hydrogens is 234 g/mol. The Balaban J connectivity index is 1.99. The van der Waals surface area contributed by atoms with Gasteiger partial charge in [0, 0.05) is 12.6 Å². The molecule has 1 saturated heterocycles. The molecule has 0 aromatic heterocycles. The standard InChI is InChI=1S/C16H29N3/c1-14(2)18-16(12-17,15-8-9-15)13-19-10-6-4-3-5-7-11-19/h14-15,18H,3-11,13H2,1-2H3. The van der Waals surface area contributed by atoms with Crippen molar-refractivity contribution in [2.24, 2.45) is 5.92 Å². The molecule has 0 aromatic carbocycles. The Hall–Kier alpha value is -0.590. The van der Waals surface area contributed by atoms with Gasteiger partial charge < -0.3 is 4.90 Å². The fourth-order valence-electron chi connectivity index (χ4n) is 3.37. The van der Waals surface area contributed by atoms with Crippen LogP contribution in [-0.4, -0.2) is 36.1 Å². The van der Waals surface area contributed by atoms with Crippen molar-refractivity contribution in [1.29, 1.82) is 5.26 Å². The molecule has 0 radical (unpaired) electrons. The van der Waals surface area contributed by atoms with Crippen LogP contribution >= 0.6 is 0 Å². The summed E-state index contributed by atoms with van der Waals surface area (Å²) in [7, 11) is 0. The van der Waals surface area contributed by atoms with E-state index in [9.17, 15) is 5.26 Å². The second-order valence-corrected chi connectivity index (χ2v) is 6.70. The summed E-state index contributed by atoms with van der Waals surface area (Å²) in [5.74, 6) is 0.574. The lowest BCUT2D eigenvalue weighted by molar-refractivity contribution is 0.175. The normalized spacial score (nSPS) is 25.4. The Bertz CT molecular complexity index is 308. The molecule has 3 nitrogen and oxygen atoms in total. The monoisotopic (exact) mass is 263 g/mol. The molecule has 1 heterocycles. The lowest BCUT2D eigenvalue weighted by Gasteiger charge is -2.36. The molecule has 19 heavy (non-hydrogen) atoms. The average molecular weight is 263 g/mol.